The number of nitrogens with two attached hydrogens (primary N) is 1. The summed E-state index contributed by atoms with van der Waals surface area (Å²) in [4.78, 5) is 25.7. The number of hydrogen-bond acceptors (Lipinski definition) is 8. The van der Waals surface area contributed by atoms with Crippen LogP contribution in [0.4, 0.5) is 11.8 Å². The Hall–Kier alpha value is -2.62. The fourth-order valence-corrected chi connectivity index (χ4v) is 4.05. The van der Waals surface area contributed by atoms with Crippen LogP contribution in [0.5, 0.6) is 5.88 Å². The molecule has 3 aliphatic rings. The van der Waals surface area contributed by atoms with E-state index in [2.05, 4.69) is 16.5 Å². The lowest BCUT2D eigenvalue weighted by molar-refractivity contribution is -0.130. The van der Waals surface area contributed by atoms with Crippen LogP contribution in [-0.2, 0) is 14.3 Å². The van der Waals surface area contributed by atoms with Gasteiger partial charge in [0.05, 0.1) is 31.4 Å². The average Bonchev–Trinajstić information content (AvgIpc) is 3.02. The smallest absolute Gasteiger partial charge is 0.257 e. The van der Waals surface area contributed by atoms with E-state index in [0.29, 0.717) is 73.8 Å². The number of morpholine rings is 1. The van der Waals surface area contributed by atoms with E-state index in [1.165, 1.54) is 0 Å². The SMILES string of the molecule is C=C1/C(Cl)=C\C(C(=O)N2CCOCC2)=C(/C)Oc2cc(nc(N)n2)N2CCCOC[C@@H]12. The second-order valence-corrected chi connectivity index (χ2v) is 7.96. The molecule has 0 saturated carbocycles. The number of carbonyl (C=O) groups excluding carboxylic acids is 1. The van der Waals surface area contributed by atoms with Crippen molar-refractivity contribution >= 4 is 29.3 Å². The number of nitrogen functional groups attached to an aromatic ring is 1. The van der Waals surface area contributed by atoms with Gasteiger partial charge in [0.1, 0.15) is 11.6 Å². The van der Waals surface area contributed by atoms with Gasteiger partial charge in [-0.3, -0.25) is 4.79 Å². The lowest BCUT2D eigenvalue weighted by atomic mass is 10.0. The third kappa shape index (κ3) is 4.68. The van der Waals surface area contributed by atoms with Crippen molar-refractivity contribution in [3.05, 3.63) is 40.7 Å². The van der Waals surface area contributed by atoms with Gasteiger partial charge in [0.25, 0.3) is 5.91 Å². The Balaban J connectivity index is 1.81. The number of hydrogen-bond donors (Lipinski definition) is 1. The van der Waals surface area contributed by atoms with E-state index in [9.17, 15) is 4.79 Å². The third-order valence-corrected chi connectivity index (χ3v) is 5.84. The van der Waals surface area contributed by atoms with Gasteiger partial charge in [-0.25, -0.2) is 0 Å². The average molecular weight is 448 g/mol. The van der Waals surface area contributed by atoms with Gasteiger partial charge in [-0.2, -0.15) is 9.97 Å². The van der Waals surface area contributed by atoms with Crippen molar-refractivity contribution in [1.82, 2.24) is 14.9 Å². The molecule has 2 saturated heterocycles. The highest BCUT2D eigenvalue weighted by Crippen LogP contribution is 2.32. The third-order valence-electron chi connectivity index (χ3n) is 5.49. The van der Waals surface area contributed by atoms with Crippen LogP contribution in [0.2, 0.25) is 0 Å². The summed E-state index contributed by atoms with van der Waals surface area (Å²) >= 11 is 6.69. The Morgan fingerprint density at radius 1 is 1.23 bits per heavy atom. The van der Waals surface area contributed by atoms with Crippen LogP contribution in [0.1, 0.15) is 13.3 Å². The van der Waals surface area contributed by atoms with Crippen LogP contribution < -0.4 is 15.4 Å². The molecule has 1 aromatic rings. The van der Waals surface area contributed by atoms with E-state index in [1.54, 1.807) is 24.0 Å². The Morgan fingerprint density at radius 2 is 2.00 bits per heavy atom. The number of halogens is 1. The van der Waals surface area contributed by atoms with E-state index < -0.39 is 0 Å². The van der Waals surface area contributed by atoms with Crippen LogP contribution in [0.25, 0.3) is 0 Å². The topological polar surface area (TPSA) is 103 Å². The fourth-order valence-electron chi connectivity index (χ4n) is 3.81. The van der Waals surface area contributed by atoms with Crippen molar-refractivity contribution in [3.63, 3.8) is 0 Å². The van der Waals surface area contributed by atoms with Gasteiger partial charge in [0, 0.05) is 37.3 Å². The van der Waals surface area contributed by atoms with Crippen molar-refractivity contribution in [2.45, 2.75) is 19.4 Å². The summed E-state index contributed by atoms with van der Waals surface area (Å²) in [6.07, 6.45) is 2.42. The van der Waals surface area contributed by atoms with E-state index in [4.69, 9.17) is 31.5 Å². The highest BCUT2D eigenvalue weighted by atomic mass is 35.5. The number of fused-ring (bicyclic) bond motifs is 4. The number of carbonyl (C=O) groups is 1. The van der Waals surface area contributed by atoms with Crippen molar-refractivity contribution in [1.29, 1.82) is 0 Å². The predicted octanol–water partition coefficient (Wildman–Crippen LogP) is 1.86. The van der Waals surface area contributed by atoms with E-state index in [0.717, 1.165) is 6.42 Å². The first-order chi connectivity index (χ1) is 14.9. The molecule has 1 amide bonds. The van der Waals surface area contributed by atoms with Gasteiger partial charge in [-0.15, -0.1) is 0 Å². The summed E-state index contributed by atoms with van der Waals surface area (Å²) in [7, 11) is 0. The van der Waals surface area contributed by atoms with Crippen LogP contribution >= 0.6 is 11.6 Å². The summed E-state index contributed by atoms with van der Waals surface area (Å²) in [5.41, 5.74) is 6.93. The maximum atomic E-state index is 13.3. The second-order valence-electron chi connectivity index (χ2n) is 7.55. The number of ether oxygens (including phenoxy) is 3. The van der Waals surface area contributed by atoms with Crippen molar-refractivity contribution in [3.8, 4) is 5.88 Å². The van der Waals surface area contributed by atoms with Crippen LogP contribution in [-0.4, -0.2) is 72.9 Å². The van der Waals surface area contributed by atoms with E-state index in [1.807, 2.05) is 4.90 Å². The summed E-state index contributed by atoms with van der Waals surface area (Å²) in [5, 5.41) is 0.357. The molecule has 2 bridgehead atoms. The van der Waals surface area contributed by atoms with Gasteiger partial charge in [0.15, 0.2) is 0 Å². The molecule has 0 aliphatic carbocycles. The zero-order valence-electron chi connectivity index (χ0n) is 17.5. The molecule has 31 heavy (non-hydrogen) atoms. The Morgan fingerprint density at radius 3 is 2.77 bits per heavy atom. The van der Waals surface area contributed by atoms with Crippen molar-refractivity contribution in [2.24, 2.45) is 0 Å². The molecule has 1 aromatic heterocycles. The molecule has 4 rings (SSSR count). The summed E-state index contributed by atoms with van der Waals surface area (Å²) in [5.74, 6) is 1.10. The molecule has 0 radical (unpaired) electrons. The van der Waals surface area contributed by atoms with Crippen LogP contribution in [0, 0.1) is 0 Å². The highest BCUT2D eigenvalue weighted by molar-refractivity contribution is 6.32. The zero-order valence-corrected chi connectivity index (χ0v) is 18.2. The number of anilines is 2. The van der Waals surface area contributed by atoms with Gasteiger partial charge in [-0.1, -0.05) is 18.2 Å². The Labute approximate surface area is 186 Å². The molecule has 9 nitrogen and oxygen atoms in total. The van der Waals surface area contributed by atoms with E-state index in [-0.39, 0.29) is 23.8 Å². The molecule has 2 fully saturated rings. The number of amides is 1. The summed E-state index contributed by atoms with van der Waals surface area (Å²) in [6.45, 7) is 9.57. The first-order valence-electron chi connectivity index (χ1n) is 10.2. The quantitative estimate of drug-likeness (QED) is 0.695. The predicted molar refractivity (Wildman–Crippen MR) is 117 cm³/mol. The Bertz CT molecular complexity index is 942. The van der Waals surface area contributed by atoms with Gasteiger partial charge in [0.2, 0.25) is 11.8 Å². The minimum absolute atomic E-state index is 0.0780. The lowest BCUT2D eigenvalue weighted by Crippen LogP contribution is -2.41. The molecule has 10 heteroatoms. The number of nitrogens with zero attached hydrogens (tertiary/aromatic N) is 4. The molecular formula is C21H26ClN5O4. The molecule has 166 valence electrons. The van der Waals surface area contributed by atoms with Gasteiger partial charge < -0.3 is 29.7 Å². The molecule has 3 aliphatic heterocycles. The number of aromatic nitrogens is 2. The second kappa shape index (κ2) is 9.25. The summed E-state index contributed by atoms with van der Waals surface area (Å²) < 4.78 is 17.1. The first-order valence-corrected chi connectivity index (χ1v) is 10.6. The molecular weight excluding hydrogens is 422 g/mol. The minimum atomic E-state index is -0.272. The van der Waals surface area contributed by atoms with Crippen LogP contribution in [0.15, 0.2) is 40.7 Å². The standard InChI is InChI=1S/C21H26ClN5O4/c1-13-16(22)10-15(20(28)26-5-8-29-9-6-26)14(2)31-19-11-18(24-21(23)25-19)27-4-3-7-30-12-17(13)27/h10-11,17H,1,3-9,12H2,2H3,(H2,23,24,25)/b15-14-,16-10+/t17-/m0/s1. The zero-order chi connectivity index (χ0) is 22.0. The molecule has 1 atom stereocenters. The molecule has 0 aromatic carbocycles. The van der Waals surface area contributed by atoms with E-state index >= 15 is 0 Å². The number of allylic oxidation sites excluding steroid dienone is 1. The van der Waals surface area contributed by atoms with Crippen molar-refractivity contribution in [2.75, 3.05) is 56.7 Å². The molecule has 0 unspecified atom stereocenters. The highest BCUT2D eigenvalue weighted by Gasteiger charge is 2.30. The van der Waals surface area contributed by atoms with Gasteiger partial charge >= 0.3 is 0 Å². The fraction of sp³-hybridized carbons (Fsp3) is 0.476. The summed E-state index contributed by atoms with van der Waals surface area (Å²) in [6, 6.07) is 1.44. The van der Waals surface area contributed by atoms with Crippen molar-refractivity contribution < 1.29 is 19.0 Å². The molecule has 4 heterocycles. The monoisotopic (exact) mass is 447 g/mol. The lowest BCUT2D eigenvalue weighted by Gasteiger charge is -2.31. The molecule has 2 N–H and O–H groups in total. The first kappa shape index (κ1) is 21.6. The maximum Gasteiger partial charge on any atom is 0.257 e. The van der Waals surface area contributed by atoms with Crippen LogP contribution in [0.3, 0.4) is 0 Å². The Kier molecular flexibility index (Phi) is 6.45. The normalized spacial score (nSPS) is 26.7. The largest absolute Gasteiger partial charge is 0.443 e. The number of rotatable bonds is 1. The molecule has 0 spiro atoms. The maximum absolute atomic E-state index is 13.3. The van der Waals surface area contributed by atoms with Gasteiger partial charge in [-0.05, 0) is 25.0 Å². The minimum Gasteiger partial charge on any atom is -0.443 e.